The highest BCUT2D eigenvalue weighted by atomic mass is 32.1. The lowest BCUT2D eigenvalue weighted by molar-refractivity contribution is -0.149. The molecule has 0 radical (unpaired) electrons. The van der Waals surface area contributed by atoms with Crippen LogP contribution in [0, 0.1) is 0 Å². The summed E-state index contributed by atoms with van der Waals surface area (Å²) in [5.74, 6) is -0.127. The Labute approximate surface area is 112 Å². The lowest BCUT2D eigenvalue weighted by atomic mass is 10.1. The van der Waals surface area contributed by atoms with Crippen molar-refractivity contribution in [2.24, 2.45) is 0 Å². The summed E-state index contributed by atoms with van der Waals surface area (Å²) < 4.78 is 5.23. The number of nitrogens with zero attached hydrogens (tertiary/aromatic N) is 1. The van der Waals surface area contributed by atoms with Gasteiger partial charge in [0, 0.05) is 19.6 Å². The average molecular weight is 268 g/mol. The highest BCUT2D eigenvalue weighted by Crippen LogP contribution is 2.25. The predicted molar refractivity (Wildman–Crippen MR) is 72.8 cm³/mol. The number of carbonyl (C=O) groups excluding carboxylic acids is 1. The van der Waals surface area contributed by atoms with Crippen molar-refractivity contribution in [1.29, 1.82) is 0 Å². The standard InChI is InChI=1S/C13H20N2O2S/c1-2-17-13(16)12(11-4-9-18-10-11)15-7-3-5-14-6-8-15/h4,9-10,12,14H,2-3,5-8H2,1H3. The van der Waals surface area contributed by atoms with Gasteiger partial charge in [-0.2, -0.15) is 11.3 Å². The normalized spacial score (nSPS) is 19.2. The number of rotatable bonds is 4. The molecule has 1 atom stereocenters. The molecular weight excluding hydrogens is 248 g/mol. The highest BCUT2D eigenvalue weighted by Gasteiger charge is 2.29. The first-order valence-corrected chi connectivity index (χ1v) is 7.40. The van der Waals surface area contributed by atoms with Crippen LogP contribution in [-0.4, -0.2) is 43.7 Å². The monoisotopic (exact) mass is 268 g/mol. The Bertz CT molecular complexity index is 359. The van der Waals surface area contributed by atoms with Gasteiger partial charge in [-0.25, -0.2) is 4.79 Å². The van der Waals surface area contributed by atoms with Crippen molar-refractivity contribution >= 4 is 17.3 Å². The van der Waals surface area contributed by atoms with Crippen LogP contribution in [0.3, 0.4) is 0 Å². The summed E-state index contributed by atoms with van der Waals surface area (Å²) in [6, 6.07) is 1.78. The number of carbonyl (C=O) groups is 1. The molecule has 2 heterocycles. The Morgan fingerprint density at radius 1 is 1.56 bits per heavy atom. The van der Waals surface area contributed by atoms with Gasteiger partial charge >= 0.3 is 5.97 Å². The lowest BCUT2D eigenvalue weighted by Gasteiger charge is -2.28. The lowest BCUT2D eigenvalue weighted by Crippen LogP contribution is -2.37. The zero-order valence-corrected chi connectivity index (χ0v) is 11.5. The van der Waals surface area contributed by atoms with Crippen LogP contribution in [-0.2, 0) is 9.53 Å². The first-order valence-electron chi connectivity index (χ1n) is 6.46. The molecule has 1 fully saturated rings. The van der Waals surface area contributed by atoms with Gasteiger partial charge in [-0.15, -0.1) is 0 Å². The maximum atomic E-state index is 12.2. The first kappa shape index (κ1) is 13.5. The van der Waals surface area contributed by atoms with Crippen molar-refractivity contribution in [3.63, 3.8) is 0 Å². The molecule has 0 spiro atoms. The Morgan fingerprint density at radius 2 is 2.44 bits per heavy atom. The summed E-state index contributed by atoms with van der Waals surface area (Å²) in [6.07, 6.45) is 1.07. The molecule has 0 aliphatic carbocycles. The summed E-state index contributed by atoms with van der Waals surface area (Å²) in [5.41, 5.74) is 1.06. The van der Waals surface area contributed by atoms with Crippen molar-refractivity contribution in [1.82, 2.24) is 10.2 Å². The van der Waals surface area contributed by atoms with E-state index < -0.39 is 0 Å². The maximum Gasteiger partial charge on any atom is 0.328 e. The van der Waals surface area contributed by atoms with Gasteiger partial charge in [0.05, 0.1) is 6.61 Å². The quantitative estimate of drug-likeness (QED) is 0.843. The minimum absolute atomic E-state index is 0.127. The Balaban J connectivity index is 2.15. The highest BCUT2D eigenvalue weighted by molar-refractivity contribution is 7.08. The number of thiophene rings is 1. The molecule has 1 saturated heterocycles. The summed E-state index contributed by atoms with van der Waals surface area (Å²) in [7, 11) is 0. The van der Waals surface area contributed by atoms with Crippen molar-refractivity contribution in [3.8, 4) is 0 Å². The average Bonchev–Trinajstić information content (AvgIpc) is 2.74. The molecule has 1 aromatic heterocycles. The summed E-state index contributed by atoms with van der Waals surface area (Å²) in [4.78, 5) is 14.4. The molecule has 1 unspecified atom stereocenters. The zero-order chi connectivity index (χ0) is 12.8. The van der Waals surface area contributed by atoms with E-state index >= 15 is 0 Å². The molecule has 0 amide bonds. The second kappa shape index (κ2) is 6.87. The van der Waals surface area contributed by atoms with E-state index in [1.807, 2.05) is 23.8 Å². The van der Waals surface area contributed by atoms with E-state index in [9.17, 15) is 4.79 Å². The van der Waals surface area contributed by atoms with Gasteiger partial charge in [0.15, 0.2) is 0 Å². The molecule has 4 nitrogen and oxygen atoms in total. The van der Waals surface area contributed by atoms with Crippen LogP contribution in [0.4, 0.5) is 0 Å². The second-order valence-corrected chi connectivity index (χ2v) is 5.13. The van der Waals surface area contributed by atoms with Crippen LogP contribution in [0.1, 0.15) is 24.9 Å². The van der Waals surface area contributed by atoms with E-state index in [-0.39, 0.29) is 12.0 Å². The summed E-state index contributed by atoms with van der Waals surface area (Å²) in [6.45, 7) is 6.07. The smallest absolute Gasteiger partial charge is 0.328 e. The van der Waals surface area contributed by atoms with E-state index in [1.165, 1.54) is 0 Å². The minimum atomic E-state index is -0.240. The molecule has 1 aromatic rings. The number of ether oxygens (including phenoxy) is 1. The largest absolute Gasteiger partial charge is 0.465 e. The van der Waals surface area contributed by atoms with E-state index in [2.05, 4.69) is 10.2 Å². The van der Waals surface area contributed by atoms with Gasteiger partial charge in [-0.3, -0.25) is 4.90 Å². The Kier molecular flexibility index (Phi) is 5.16. The molecule has 18 heavy (non-hydrogen) atoms. The van der Waals surface area contributed by atoms with Gasteiger partial charge in [0.1, 0.15) is 6.04 Å². The fraction of sp³-hybridized carbons (Fsp3) is 0.615. The summed E-state index contributed by atoms with van der Waals surface area (Å²) in [5, 5.41) is 7.41. The van der Waals surface area contributed by atoms with E-state index in [1.54, 1.807) is 11.3 Å². The van der Waals surface area contributed by atoms with Crippen LogP contribution < -0.4 is 5.32 Å². The van der Waals surface area contributed by atoms with Crippen molar-refractivity contribution in [3.05, 3.63) is 22.4 Å². The van der Waals surface area contributed by atoms with Crippen LogP contribution in [0.5, 0.6) is 0 Å². The van der Waals surface area contributed by atoms with Gasteiger partial charge in [-0.1, -0.05) is 0 Å². The fourth-order valence-corrected chi connectivity index (χ4v) is 2.95. The van der Waals surface area contributed by atoms with Crippen molar-refractivity contribution in [2.45, 2.75) is 19.4 Å². The zero-order valence-electron chi connectivity index (χ0n) is 10.7. The molecule has 2 rings (SSSR count). The maximum absolute atomic E-state index is 12.2. The molecule has 1 N–H and O–H groups in total. The number of nitrogens with one attached hydrogen (secondary N) is 1. The molecule has 5 heteroatoms. The van der Waals surface area contributed by atoms with E-state index in [0.717, 1.165) is 38.2 Å². The number of esters is 1. The predicted octanol–water partition coefficient (Wildman–Crippen LogP) is 1.65. The first-order chi connectivity index (χ1) is 8.83. The van der Waals surface area contributed by atoms with Gasteiger partial charge in [-0.05, 0) is 42.3 Å². The van der Waals surface area contributed by atoms with E-state index in [4.69, 9.17) is 4.74 Å². The Morgan fingerprint density at radius 3 is 3.17 bits per heavy atom. The third-order valence-corrected chi connectivity index (χ3v) is 3.81. The van der Waals surface area contributed by atoms with Crippen LogP contribution in [0.25, 0.3) is 0 Å². The topological polar surface area (TPSA) is 41.6 Å². The molecule has 0 saturated carbocycles. The molecular formula is C13H20N2O2S. The van der Waals surface area contributed by atoms with Crippen molar-refractivity contribution < 1.29 is 9.53 Å². The summed E-state index contributed by atoms with van der Waals surface area (Å²) >= 11 is 1.62. The fourth-order valence-electron chi connectivity index (χ4n) is 2.27. The SMILES string of the molecule is CCOC(=O)C(c1ccsc1)N1CCCNCC1. The second-order valence-electron chi connectivity index (χ2n) is 4.35. The van der Waals surface area contributed by atoms with Crippen LogP contribution >= 0.6 is 11.3 Å². The van der Waals surface area contributed by atoms with Crippen molar-refractivity contribution in [2.75, 3.05) is 32.8 Å². The minimum Gasteiger partial charge on any atom is -0.465 e. The van der Waals surface area contributed by atoms with E-state index in [0.29, 0.717) is 6.61 Å². The molecule has 0 bridgehead atoms. The molecule has 1 aliphatic rings. The Hall–Kier alpha value is -0.910. The third kappa shape index (κ3) is 3.31. The third-order valence-electron chi connectivity index (χ3n) is 3.11. The van der Waals surface area contributed by atoms with Gasteiger partial charge < -0.3 is 10.1 Å². The van der Waals surface area contributed by atoms with Crippen LogP contribution in [0.2, 0.25) is 0 Å². The van der Waals surface area contributed by atoms with Gasteiger partial charge in [0.25, 0.3) is 0 Å². The molecule has 1 aliphatic heterocycles. The molecule has 0 aromatic carbocycles. The van der Waals surface area contributed by atoms with Crippen LogP contribution in [0.15, 0.2) is 16.8 Å². The number of hydrogen-bond acceptors (Lipinski definition) is 5. The van der Waals surface area contributed by atoms with Gasteiger partial charge in [0.2, 0.25) is 0 Å². The molecule has 100 valence electrons. The number of hydrogen-bond donors (Lipinski definition) is 1.